The van der Waals surface area contributed by atoms with Crippen LogP contribution in [-0.4, -0.2) is 28.0 Å². The first-order valence-corrected chi connectivity index (χ1v) is 7.57. The van der Waals surface area contributed by atoms with E-state index in [1.807, 2.05) is 6.92 Å². The molecular weight excluding hydrogens is 276 g/mol. The average molecular weight is 295 g/mol. The van der Waals surface area contributed by atoms with E-state index in [-0.39, 0.29) is 23.2 Å². The molecule has 1 aromatic rings. The van der Waals surface area contributed by atoms with E-state index in [0.29, 0.717) is 11.7 Å². The molecule has 1 aliphatic carbocycles. The van der Waals surface area contributed by atoms with Gasteiger partial charge in [-0.25, -0.2) is 4.98 Å². The third-order valence-electron chi connectivity index (χ3n) is 4.54. The van der Waals surface area contributed by atoms with Crippen LogP contribution in [0.4, 0.5) is 11.5 Å². The molecule has 1 N–H and O–H groups in total. The highest BCUT2D eigenvalue weighted by Crippen LogP contribution is 2.37. The smallest absolute Gasteiger partial charge is 0.229 e. The van der Waals surface area contributed by atoms with Gasteiger partial charge in [-0.05, 0) is 31.4 Å². The molecule has 0 radical (unpaired) electrons. The van der Waals surface area contributed by atoms with Crippen molar-refractivity contribution in [1.29, 1.82) is 0 Å². The summed E-state index contributed by atoms with van der Waals surface area (Å²) in [5.41, 5.74) is 0.669. The van der Waals surface area contributed by atoms with Crippen LogP contribution in [0.5, 0.6) is 0 Å². The molecule has 0 aromatic carbocycles. The highest BCUT2D eigenvalue weighted by atomic mass is 35.5. The van der Waals surface area contributed by atoms with E-state index in [2.05, 4.69) is 27.1 Å². The van der Waals surface area contributed by atoms with Crippen LogP contribution in [0.2, 0.25) is 5.28 Å². The second kappa shape index (κ2) is 5.20. The molecule has 3 rings (SSSR count). The van der Waals surface area contributed by atoms with E-state index in [4.69, 9.17) is 11.6 Å². The number of carbonyl (C=O) groups excluding carboxylic acids is 1. The highest BCUT2D eigenvalue weighted by Gasteiger charge is 2.37. The fourth-order valence-electron chi connectivity index (χ4n) is 3.22. The first-order chi connectivity index (χ1) is 9.58. The zero-order valence-electron chi connectivity index (χ0n) is 11.8. The number of hydrogen-bond donors (Lipinski definition) is 1. The lowest BCUT2D eigenvalue weighted by molar-refractivity contribution is -0.119. The Morgan fingerprint density at radius 2 is 2.05 bits per heavy atom. The quantitative estimate of drug-likeness (QED) is 0.809. The van der Waals surface area contributed by atoms with Crippen LogP contribution < -0.4 is 10.2 Å². The molecule has 20 heavy (non-hydrogen) atoms. The number of fused-ring (bicyclic) bond motifs is 1. The Bertz CT molecular complexity index is 530. The van der Waals surface area contributed by atoms with Gasteiger partial charge in [0.05, 0.1) is 12.1 Å². The lowest BCUT2D eigenvalue weighted by atomic mass is 10.00. The molecule has 1 aromatic heterocycles. The van der Waals surface area contributed by atoms with Crippen molar-refractivity contribution in [2.75, 3.05) is 10.2 Å². The Morgan fingerprint density at radius 1 is 1.35 bits per heavy atom. The molecule has 0 spiro atoms. The van der Waals surface area contributed by atoms with Crippen LogP contribution in [0, 0.1) is 5.92 Å². The molecule has 1 saturated carbocycles. The van der Waals surface area contributed by atoms with Crippen LogP contribution in [0.3, 0.4) is 0 Å². The van der Waals surface area contributed by atoms with Crippen molar-refractivity contribution in [3.63, 3.8) is 0 Å². The molecule has 108 valence electrons. The number of nitrogens with zero attached hydrogens (tertiary/aromatic N) is 3. The Morgan fingerprint density at radius 3 is 2.75 bits per heavy atom. The van der Waals surface area contributed by atoms with Gasteiger partial charge in [0.15, 0.2) is 5.82 Å². The number of rotatable bonds is 1. The predicted octanol–water partition coefficient (Wildman–Crippen LogP) is 2.86. The van der Waals surface area contributed by atoms with E-state index in [1.54, 1.807) is 6.20 Å². The van der Waals surface area contributed by atoms with Gasteiger partial charge in [-0.2, -0.15) is 4.98 Å². The normalized spacial score (nSPS) is 27.1. The van der Waals surface area contributed by atoms with E-state index >= 15 is 0 Å². The lowest BCUT2D eigenvalue weighted by Gasteiger charge is -2.36. The van der Waals surface area contributed by atoms with Crippen molar-refractivity contribution < 1.29 is 4.79 Å². The molecule has 0 saturated heterocycles. The molecule has 2 atom stereocenters. The topological polar surface area (TPSA) is 58.1 Å². The van der Waals surface area contributed by atoms with Crippen LogP contribution in [-0.2, 0) is 4.79 Å². The van der Waals surface area contributed by atoms with Crippen molar-refractivity contribution in [3.8, 4) is 0 Å². The maximum absolute atomic E-state index is 12.2. The third kappa shape index (κ3) is 2.24. The van der Waals surface area contributed by atoms with E-state index in [1.165, 1.54) is 12.8 Å². The Labute approximate surface area is 123 Å². The van der Waals surface area contributed by atoms with Crippen molar-refractivity contribution in [3.05, 3.63) is 11.5 Å². The second-order valence-corrected chi connectivity index (χ2v) is 6.08. The summed E-state index contributed by atoms with van der Waals surface area (Å²) in [6.45, 7) is 4.05. The summed E-state index contributed by atoms with van der Waals surface area (Å²) in [5, 5.41) is 3.14. The minimum absolute atomic E-state index is 0.0187. The molecule has 6 heteroatoms. The number of halogens is 1. The first kappa shape index (κ1) is 13.6. The summed E-state index contributed by atoms with van der Waals surface area (Å²) in [4.78, 5) is 22.9. The number of amides is 1. The van der Waals surface area contributed by atoms with Gasteiger partial charge in [-0.3, -0.25) is 4.79 Å². The van der Waals surface area contributed by atoms with Crippen molar-refractivity contribution in [1.82, 2.24) is 9.97 Å². The van der Waals surface area contributed by atoms with Crippen LogP contribution in [0.25, 0.3) is 0 Å². The van der Waals surface area contributed by atoms with Gasteiger partial charge >= 0.3 is 0 Å². The Hall–Kier alpha value is -1.36. The lowest BCUT2D eigenvalue weighted by Crippen LogP contribution is -2.45. The van der Waals surface area contributed by atoms with Gasteiger partial charge in [0.2, 0.25) is 11.2 Å². The Kier molecular flexibility index (Phi) is 3.54. The maximum atomic E-state index is 12.2. The molecule has 2 heterocycles. The fourth-order valence-corrected chi connectivity index (χ4v) is 3.35. The zero-order chi connectivity index (χ0) is 14.3. The molecule has 2 aliphatic rings. The van der Waals surface area contributed by atoms with Gasteiger partial charge in [-0.1, -0.05) is 19.8 Å². The minimum Gasteiger partial charge on any atom is -0.348 e. The second-order valence-electron chi connectivity index (χ2n) is 5.74. The molecule has 0 bridgehead atoms. The van der Waals surface area contributed by atoms with E-state index in [0.717, 1.165) is 18.7 Å². The molecular formula is C14H19ClN4O. The van der Waals surface area contributed by atoms with E-state index < -0.39 is 0 Å². The first-order valence-electron chi connectivity index (χ1n) is 7.19. The summed E-state index contributed by atoms with van der Waals surface area (Å²) in [6, 6.07) is 0.537. The van der Waals surface area contributed by atoms with Crippen molar-refractivity contribution in [2.24, 2.45) is 5.92 Å². The zero-order valence-corrected chi connectivity index (χ0v) is 12.5. The summed E-state index contributed by atoms with van der Waals surface area (Å²) in [5.74, 6) is 0.691. The van der Waals surface area contributed by atoms with Crippen molar-refractivity contribution in [2.45, 2.75) is 51.6 Å². The van der Waals surface area contributed by atoms with Crippen LogP contribution >= 0.6 is 11.6 Å². The van der Waals surface area contributed by atoms with Gasteiger partial charge in [0.25, 0.3) is 0 Å². The predicted molar refractivity (Wildman–Crippen MR) is 79.0 cm³/mol. The number of nitrogens with one attached hydrogen (secondary N) is 1. The van der Waals surface area contributed by atoms with Gasteiger partial charge in [0, 0.05) is 12.1 Å². The minimum atomic E-state index is -0.0939. The largest absolute Gasteiger partial charge is 0.348 e. The Balaban J connectivity index is 2.08. The average Bonchev–Trinajstić information content (AvgIpc) is 2.91. The summed E-state index contributed by atoms with van der Waals surface area (Å²) in [6.07, 6.45) is 6.36. The van der Waals surface area contributed by atoms with Gasteiger partial charge in [0.1, 0.15) is 5.69 Å². The number of carbonyl (C=O) groups is 1. The van der Waals surface area contributed by atoms with Crippen molar-refractivity contribution >= 4 is 29.0 Å². The third-order valence-corrected chi connectivity index (χ3v) is 4.72. The molecule has 2 unspecified atom stereocenters. The standard InChI is InChI=1S/C14H19ClN4O/c1-8-9(2)19(10-5-3-4-6-10)12-11(17-13(8)20)7-16-14(15)18-12/h7-10H,3-6H2,1-2H3,(H,17,20). The fraction of sp³-hybridized carbons (Fsp3) is 0.643. The summed E-state index contributed by atoms with van der Waals surface area (Å²) < 4.78 is 0. The van der Waals surface area contributed by atoms with Crippen LogP contribution in [0.15, 0.2) is 6.20 Å². The van der Waals surface area contributed by atoms with Crippen LogP contribution in [0.1, 0.15) is 39.5 Å². The van der Waals surface area contributed by atoms with Gasteiger partial charge in [-0.15, -0.1) is 0 Å². The maximum Gasteiger partial charge on any atom is 0.229 e. The number of anilines is 2. The number of aromatic nitrogens is 2. The molecule has 1 fully saturated rings. The molecule has 1 aliphatic heterocycles. The number of hydrogen-bond acceptors (Lipinski definition) is 4. The highest BCUT2D eigenvalue weighted by molar-refractivity contribution is 6.28. The summed E-state index contributed by atoms with van der Waals surface area (Å²) in [7, 11) is 0. The SMILES string of the molecule is CC1C(=O)Nc2cnc(Cl)nc2N(C2CCCC2)C1C. The molecule has 5 nitrogen and oxygen atoms in total. The van der Waals surface area contributed by atoms with Gasteiger partial charge < -0.3 is 10.2 Å². The molecule has 1 amide bonds. The van der Waals surface area contributed by atoms with E-state index in [9.17, 15) is 4.79 Å². The monoisotopic (exact) mass is 294 g/mol. The summed E-state index contributed by atoms with van der Waals surface area (Å²) >= 11 is 5.96.